The van der Waals surface area contributed by atoms with Crippen LogP contribution in [0.15, 0.2) is 53.4 Å². The van der Waals surface area contributed by atoms with E-state index in [0.717, 1.165) is 44.9 Å². The summed E-state index contributed by atoms with van der Waals surface area (Å²) in [5.41, 5.74) is 3.04. The molecule has 0 bridgehead atoms. The third-order valence-electron chi connectivity index (χ3n) is 7.81. The molecule has 0 radical (unpaired) electrons. The van der Waals surface area contributed by atoms with Crippen molar-refractivity contribution >= 4 is 21.7 Å². The Labute approximate surface area is 201 Å². The van der Waals surface area contributed by atoms with E-state index in [2.05, 4.69) is 17.4 Å². The number of nitrogens with zero attached hydrogens (tertiary/aromatic N) is 1. The minimum Gasteiger partial charge on any atom is -0.342 e. The Balaban J connectivity index is 1.48. The molecule has 1 aliphatic heterocycles. The van der Waals surface area contributed by atoms with Crippen molar-refractivity contribution in [3.8, 4) is 0 Å². The summed E-state index contributed by atoms with van der Waals surface area (Å²) in [5.74, 6) is -0.0702. The van der Waals surface area contributed by atoms with Gasteiger partial charge in [-0.2, -0.15) is 0 Å². The van der Waals surface area contributed by atoms with Crippen LogP contribution in [-0.2, 0) is 38.8 Å². The number of benzene rings is 2. The van der Waals surface area contributed by atoms with Crippen LogP contribution in [0.25, 0.3) is 0 Å². The van der Waals surface area contributed by atoms with Gasteiger partial charge in [0, 0.05) is 12.8 Å². The molecule has 1 heterocycles. The molecule has 2 aromatic carbocycles. The molecule has 0 spiro atoms. The Hall–Kier alpha value is -2.67. The number of carbonyl (C=O) groups is 2. The van der Waals surface area contributed by atoms with E-state index in [4.69, 9.17) is 0 Å². The number of nitrogens with one attached hydrogen (secondary N) is 1. The molecular formula is C27H32N2O4S. The Morgan fingerprint density at radius 3 is 2.15 bits per heavy atom. The van der Waals surface area contributed by atoms with E-state index >= 15 is 0 Å². The van der Waals surface area contributed by atoms with Crippen LogP contribution in [0.2, 0.25) is 0 Å². The molecule has 34 heavy (non-hydrogen) atoms. The molecule has 1 saturated carbocycles. The lowest BCUT2D eigenvalue weighted by molar-refractivity contribution is -0.154. The maximum Gasteiger partial charge on any atom is 0.246 e. The van der Waals surface area contributed by atoms with Gasteiger partial charge in [0.2, 0.25) is 11.8 Å². The fourth-order valence-electron chi connectivity index (χ4n) is 6.18. The molecular weight excluding hydrogens is 448 g/mol. The smallest absolute Gasteiger partial charge is 0.246 e. The predicted molar refractivity (Wildman–Crippen MR) is 130 cm³/mol. The zero-order valence-electron chi connectivity index (χ0n) is 19.6. The summed E-state index contributed by atoms with van der Waals surface area (Å²) in [5, 5.41) is 3.10. The van der Waals surface area contributed by atoms with Crippen molar-refractivity contribution in [3.63, 3.8) is 0 Å². The van der Waals surface area contributed by atoms with Gasteiger partial charge in [0.05, 0.1) is 4.90 Å². The molecule has 0 unspecified atom stereocenters. The van der Waals surface area contributed by atoms with Gasteiger partial charge < -0.3 is 10.2 Å². The monoisotopic (exact) mass is 480 g/mol. The molecule has 6 nitrogen and oxygen atoms in total. The minimum absolute atomic E-state index is 0.00815. The Kier molecular flexibility index (Phi) is 6.23. The highest BCUT2D eigenvalue weighted by Crippen LogP contribution is 2.36. The maximum absolute atomic E-state index is 14.0. The zero-order valence-corrected chi connectivity index (χ0v) is 20.4. The van der Waals surface area contributed by atoms with Crippen LogP contribution in [0.3, 0.4) is 0 Å². The first-order valence-electron chi connectivity index (χ1n) is 12.3. The van der Waals surface area contributed by atoms with Gasteiger partial charge in [-0.25, -0.2) is 8.42 Å². The van der Waals surface area contributed by atoms with Crippen LogP contribution in [0.1, 0.15) is 48.8 Å². The Bertz CT molecular complexity index is 1180. The van der Waals surface area contributed by atoms with Crippen LogP contribution in [-0.4, -0.2) is 43.5 Å². The summed E-state index contributed by atoms with van der Waals surface area (Å²) in [4.78, 5) is 29.5. The highest BCUT2D eigenvalue weighted by molar-refractivity contribution is 7.90. The van der Waals surface area contributed by atoms with E-state index in [-0.39, 0.29) is 35.1 Å². The fraction of sp³-hybridized carbons (Fsp3) is 0.481. The largest absolute Gasteiger partial charge is 0.342 e. The van der Waals surface area contributed by atoms with Gasteiger partial charge in [-0.15, -0.1) is 0 Å². The zero-order chi connectivity index (χ0) is 23.9. The lowest BCUT2D eigenvalue weighted by Gasteiger charge is -2.45. The Morgan fingerprint density at radius 2 is 1.50 bits per heavy atom. The van der Waals surface area contributed by atoms with E-state index in [1.807, 2.05) is 12.1 Å². The summed E-state index contributed by atoms with van der Waals surface area (Å²) in [6.07, 6.45) is 7.79. The first-order chi connectivity index (χ1) is 16.3. The first kappa shape index (κ1) is 23.1. The summed E-state index contributed by atoms with van der Waals surface area (Å²) in [6.45, 7) is 0.132. The molecule has 1 N–H and O–H groups in total. The van der Waals surface area contributed by atoms with E-state index in [0.29, 0.717) is 5.56 Å². The number of rotatable bonds is 5. The van der Waals surface area contributed by atoms with Crippen molar-refractivity contribution in [2.45, 2.75) is 68.5 Å². The van der Waals surface area contributed by atoms with Gasteiger partial charge in [-0.3, -0.25) is 9.59 Å². The third kappa shape index (κ3) is 4.38. The normalized spacial score (nSPS) is 24.2. The lowest BCUT2D eigenvalue weighted by Crippen LogP contribution is -2.66. The highest BCUT2D eigenvalue weighted by Gasteiger charge is 2.47. The molecule has 3 aliphatic rings. The summed E-state index contributed by atoms with van der Waals surface area (Å²) >= 11 is 0. The maximum atomic E-state index is 14.0. The van der Waals surface area contributed by atoms with E-state index in [1.165, 1.54) is 17.4 Å². The van der Waals surface area contributed by atoms with Gasteiger partial charge >= 0.3 is 0 Å². The number of amides is 2. The summed E-state index contributed by atoms with van der Waals surface area (Å²) in [6, 6.07) is 13.9. The predicted octanol–water partition coefficient (Wildman–Crippen LogP) is 3.28. The second-order valence-electron chi connectivity index (χ2n) is 10.1. The van der Waals surface area contributed by atoms with Gasteiger partial charge in [-0.05, 0) is 60.3 Å². The number of sulfone groups is 1. The molecule has 2 fully saturated rings. The second kappa shape index (κ2) is 9.17. The van der Waals surface area contributed by atoms with Crippen LogP contribution >= 0.6 is 0 Å². The summed E-state index contributed by atoms with van der Waals surface area (Å²) < 4.78 is 24.9. The molecule has 2 aromatic rings. The molecule has 2 aliphatic carbocycles. The van der Waals surface area contributed by atoms with E-state index < -0.39 is 21.9 Å². The third-order valence-corrected chi connectivity index (χ3v) is 9.01. The summed E-state index contributed by atoms with van der Waals surface area (Å²) in [7, 11) is -3.46. The fourth-order valence-corrected chi connectivity index (χ4v) is 7.11. The highest BCUT2D eigenvalue weighted by atomic mass is 32.2. The molecule has 2 amide bonds. The van der Waals surface area contributed by atoms with Crippen molar-refractivity contribution < 1.29 is 18.0 Å². The number of fused-ring (bicyclic) bond motifs is 1. The number of carbonyl (C=O) groups excluding carboxylic acids is 2. The average molecular weight is 481 g/mol. The molecule has 1 saturated heterocycles. The van der Waals surface area contributed by atoms with E-state index in [9.17, 15) is 18.0 Å². The molecule has 0 aromatic heterocycles. The van der Waals surface area contributed by atoms with Gasteiger partial charge in [0.1, 0.15) is 12.1 Å². The first-order valence-corrected chi connectivity index (χ1v) is 14.2. The van der Waals surface area contributed by atoms with Crippen LogP contribution in [0.5, 0.6) is 0 Å². The van der Waals surface area contributed by atoms with Crippen LogP contribution in [0.4, 0.5) is 0 Å². The quantitative estimate of drug-likeness (QED) is 0.712. The van der Waals surface area contributed by atoms with E-state index in [1.54, 1.807) is 29.2 Å². The minimum atomic E-state index is -3.46. The van der Waals surface area contributed by atoms with Crippen molar-refractivity contribution in [2.24, 2.45) is 11.8 Å². The lowest BCUT2D eigenvalue weighted by atomic mass is 9.80. The Morgan fingerprint density at radius 1 is 0.882 bits per heavy atom. The van der Waals surface area contributed by atoms with Crippen molar-refractivity contribution in [1.29, 1.82) is 0 Å². The van der Waals surface area contributed by atoms with Crippen molar-refractivity contribution in [3.05, 3.63) is 65.2 Å². The number of hydrogen-bond acceptors (Lipinski definition) is 4. The second-order valence-corrected chi connectivity index (χ2v) is 12.1. The molecule has 180 valence electrons. The standard InChI is InChI=1S/C27H32N2O4S/c1-34(32,33)23-14-8-7-13-21(23)17-29-25(18-9-3-2-4-10-18)26(30)28-24(27(29)31)22-15-19-11-5-6-12-20(19)16-22/h5-8,11-14,18,22,24-25H,2-4,9-10,15-17H2,1H3,(H,28,30)/t24-,25-/m1/s1. The molecule has 5 rings (SSSR count). The van der Waals surface area contributed by atoms with Gasteiger partial charge in [-0.1, -0.05) is 61.7 Å². The van der Waals surface area contributed by atoms with Crippen molar-refractivity contribution in [2.75, 3.05) is 6.26 Å². The van der Waals surface area contributed by atoms with Crippen LogP contribution < -0.4 is 5.32 Å². The number of piperazine rings is 1. The van der Waals surface area contributed by atoms with Gasteiger partial charge in [0.15, 0.2) is 9.84 Å². The SMILES string of the molecule is CS(=O)(=O)c1ccccc1CN1C(=O)[C@@H](C2Cc3ccccc3C2)NC(=O)[C@H]1C1CCCCC1. The average Bonchev–Trinajstić information content (AvgIpc) is 3.25. The number of hydrogen-bond donors (Lipinski definition) is 1. The van der Waals surface area contributed by atoms with Crippen LogP contribution in [0, 0.1) is 11.8 Å². The van der Waals surface area contributed by atoms with Crippen molar-refractivity contribution in [1.82, 2.24) is 10.2 Å². The topological polar surface area (TPSA) is 83.6 Å². The van der Waals surface area contributed by atoms with Gasteiger partial charge in [0.25, 0.3) is 0 Å². The molecule has 7 heteroatoms. The molecule has 2 atom stereocenters.